The number of aliphatic hydroxyl groups is 2. The predicted molar refractivity (Wildman–Crippen MR) is 61.4 cm³/mol. The summed E-state index contributed by atoms with van der Waals surface area (Å²) >= 11 is 1.50. The van der Waals surface area contributed by atoms with Gasteiger partial charge in [0.25, 0.3) is 5.69 Å². The van der Waals surface area contributed by atoms with E-state index in [-0.39, 0.29) is 18.9 Å². The number of thioether (sulfide) groups is 1. The van der Waals surface area contributed by atoms with Crippen molar-refractivity contribution in [3.8, 4) is 0 Å². The van der Waals surface area contributed by atoms with E-state index in [0.29, 0.717) is 12.0 Å². The molecule has 0 aromatic heterocycles. The van der Waals surface area contributed by atoms with Crippen molar-refractivity contribution in [1.29, 1.82) is 0 Å². The third-order valence-corrected chi connectivity index (χ3v) is 3.07. The lowest BCUT2D eigenvalue weighted by atomic mass is 10.2. The van der Waals surface area contributed by atoms with E-state index in [1.165, 1.54) is 17.8 Å². The minimum Gasteiger partial charge on any atom is -0.396 e. The van der Waals surface area contributed by atoms with Gasteiger partial charge in [-0.05, 0) is 18.6 Å². The van der Waals surface area contributed by atoms with Gasteiger partial charge in [-0.3, -0.25) is 10.1 Å². The van der Waals surface area contributed by atoms with Crippen molar-refractivity contribution in [2.24, 2.45) is 0 Å². The average Bonchev–Trinajstić information content (AvgIpc) is 2.29. The van der Waals surface area contributed by atoms with Crippen LogP contribution in [0.4, 0.5) is 5.69 Å². The minimum atomic E-state index is -0.506. The molecule has 5 nitrogen and oxygen atoms in total. The molecule has 16 heavy (non-hydrogen) atoms. The quantitative estimate of drug-likeness (QED) is 0.343. The van der Waals surface area contributed by atoms with Crippen molar-refractivity contribution in [3.05, 3.63) is 33.9 Å². The molecule has 0 radical (unpaired) electrons. The zero-order valence-electron chi connectivity index (χ0n) is 8.63. The van der Waals surface area contributed by atoms with Crippen molar-refractivity contribution in [2.75, 3.05) is 12.4 Å². The molecule has 0 aliphatic carbocycles. The fraction of sp³-hybridized carbons (Fsp3) is 0.400. The summed E-state index contributed by atoms with van der Waals surface area (Å²) in [6.45, 7) is -0.211. The highest BCUT2D eigenvalue weighted by atomic mass is 32.2. The number of nitrogens with zero attached hydrogens (tertiary/aromatic N) is 1. The summed E-state index contributed by atoms with van der Waals surface area (Å²) in [5, 5.41) is 28.2. The lowest BCUT2D eigenvalue weighted by Gasteiger charge is -2.03. The Morgan fingerprint density at radius 1 is 1.38 bits per heavy atom. The molecule has 1 aromatic carbocycles. The van der Waals surface area contributed by atoms with E-state index in [1.807, 2.05) is 0 Å². The van der Waals surface area contributed by atoms with E-state index in [1.54, 1.807) is 12.1 Å². The van der Waals surface area contributed by atoms with Crippen LogP contribution in [-0.2, 0) is 6.61 Å². The van der Waals surface area contributed by atoms with Gasteiger partial charge in [-0.1, -0.05) is 0 Å². The highest BCUT2D eigenvalue weighted by Crippen LogP contribution is 2.26. The van der Waals surface area contributed by atoms with Crippen LogP contribution >= 0.6 is 11.8 Å². The predicted octanol–water partition coefficient (Wildman–Crippen LogP) is 1.56. The van der Waals surface area contributed by atoms with Gasteiger partial charge in [-0.25, -0.2) is 0 Å². The maximum absolute atomic E-state index is 10.6. The third kappa shape index (κ3) is 3.48. The number of nitro groups is 1. The van der Waals surface area contributed by atoms with Crippen LogP contribution in [0.2, 0.25) is 0 Å². The van der Waals surface area contributed by atoms with Gasteiger partial charge in [-0.2, -0.15) is 0 Å². The van der Waals surface area contributed by atoms with Gasteiger partial charge in [0.1, 0.15) is 0 Å². The summed E-state index contributed by atoms with van der Waals surface area (Å²) < 4.78 is 0. The Balaban J connectivity index is 2.78. The highest BCUT2D eigenvalue weighted by molar-refractivity contribution is 7.99. The average molecular weight is 243 g/mol. The molecular formula is C10H13NO4S. The Labute approximate surface area is 97.3 Å². The Morgan fingerprint density at radius 2 is 2.12 bits per heavy atom. The van der Waals surface area contributed by atoms with Crippen LogP contribution in [0.1, 0.15) is 12.0 Å². The molecule has 6 heteroatoms. The third-order valence-electron chi connectivity index (χ3n) is 1.99. The summed E-state index contributed by atoms with van der Waals surface area (Å²) in [4.78, 5) is 11.0. The van der Waals surface area contributed by atoms with Gasteiger partial charge in [-0.15, -0.1) is 11.8 Å². The maximum Gasteiger partial charge on any atom is 0.274 e. The molecule has 0 saturated heterocycles. The first-order chi connectivity index (χ1) is 7.69. The van der Waals surface area contributed by atoms with Crippen molar-refractivity contribution < 1.29 is 15.1 Å². The lowest BCUT2D eigenvalue weighted by molar-refractivity contribution is -0.385. The number of benzene rings is 1. The second-order valence-corrected chi connectivity index (χ2v) is 4.30. The topological polar surface area (TPSA) is 83.6 Å². The van der Waals surface area contributed by atoms with Crippen molar-refractivity contribution in [3.63, 3.8) is 0 Å². The molecule has 0 heterocycles. The fourth-order valence-corrected chi connectivity index (χ4v) is 2.11. The largest absolute Gasteiger partial charge is 0.396 e. The summed E-state index contributed by atoms with van der Waals surface area (Å²) in [6, 6.07) is 4.66. The molecule has 1 aromatic rings. The monoisotopic (exact) mass is 243 g/mol. The van der Waals surface area contributed by atoms with Crippen molar-refractivity contribution in [2.45, 2.75) is 17.9 Å². The first-order valence-electron chi connectivity index (χ1n) is 4.81. The van der Waals surface area contributed by atoms with E-state index in [9.17, 15) is 10.1 Å². The molecule has 0 fully saturated rings. The Bertz CT molecular complexity index is 370. The summed E-state index contributed by atoms with van der Waals surface area (Å²) in [5.41, 5.74) is 0.257. The molecular weight excluding hydrogens is 230 g/mol. The second kappa shape index (κ2) is 6.47. The van der Waals surface area contributed by atoms with Crippen LogP contribution < -0.4 is 0 Å². The van der Waals surface area contributed by atoms with Gasteiger partial charge in [0.05, 0.1) is 17.1 Å². The molecule has 0 aliphatic rings. The van der Waals surface area contributed by atoms with Crippen LogP contribution in [0.3, 0.4) is 0 Å². The molecule has 0 unspecified atom stereocenters. The number of rotatable bonds is 6. The Hall–Kier alpha value is -1.11. The number of hydrogen-bond acceptors (Lipinski definition) is 5. The van der Waals surface area contributed by atoms with E-state index >= 15 is 0 Å². The standard InChI is InChI=1S/C10H13NO4S/c12-4-1-5-16-9-2-3-10(11(14)15)8(6-9)7-13/h2-3,6,12-13H,1,4-5,7H2. The van der Waals surface area contributed by atoms with Crippen LogP contribution in [0.15, 0.2) is 23.1 Å². The van der Waals surface area contributed by atoms with E-state index < -0.39 is 4.92 Å². The SMILES string of the molecule is O=[N+]([O-])c1ccc(SCCCO)cc1CO. The second-order valence-electron chi connectivity index (χ2n) is 3.13. The fourth-order valence-electron chi connectivity index (χ4n) is 1.21. The van der Waals surface area contributed by atoms with Gasteiger partial charge in [0.2, 0.25) is 0 Å². The normalized spacial score (nSPS) is 10.4. The summed E-state index contributed by atoms with van der Waals surface area (Å²) in [6.07, 6.45) is 0.677. The van der Waals surface area contributed by atoms with E-state index in [4.69, 9.17) is 10.2 Å². The summed E-state index contributed by atoms with van der Waals surface area (Å²) in [7, 11) is 0. The molecule has 88 valence electrons. The molecule has 0 aliphatic heterocycles. The van der Waals surface area contributed by atoms with Crippen LogP contribution in [0, 0.1) is 10.1 Å². The molecule has 0 amide bonds. The van der Waals surface area contributed by atoms with E-state index in [0.717, 1.165) is 10.6 Å². The Kier molecular flexibility index (Phi) is 5.24. The lowest BCUT2D eigenvalue weighted by Crippen LogP contribution is -1.95. The van der Waals surface area contributed by atoms with Gasteiger partial charge < -0.3 is 10.2 Å². The molecule has 2 N–H and O–H groups in total. The first-order valence-corrected chi connectivity index (χ1v) is 5.79. The van der Waals surface area contributed by atoms with Crippen LogP contribution in [-0.4, -0.2) is 27.5 Å². The minimum absolute atomic E-state index is 0.0611. The molecule has 1 rings (SSSR count). The molecule has 0 bridgehead atoms. The number of hydrogen-bond donors (Lipinski definition) is 2. The van der Waals surface area contributed by atoms with Gasteiger partial charge in [0.15, 0.2) is 0 Å². The number of nitro benzene ring substituents is 1. The maximum atomic E-state index is 10.6. The van der Waals surface area contributed by atoms with Crippen LogP contribution in [0.5, 0.6) is 0 Å². The molecule has 0 spiro atoms. The molecule has 0 atom stereocenters. The van der Waals surface area contributed by atoms with Crippen molar-refractivity contribution >= 4 is 17.4 Å². The van der Waals surface area contributed by atoms with Crippen LogP contribution in [0.25, 0.3) is 0 Å². The smallest absolute Gasteiger partial charge is 0.274 e. The first kappa shape index (κ1) is 13.0. The Morgan fingerprint density at radius 3 is 2.69 bits per heavy atom. The summed E-state index contributed by atoms with van der Waals surface area (Å²) in [5.74, 6) is 0.749. The zero-order valence-corrected chi connectivity index (χ0v) is 9.44. The molecule has 0 saturated carbocycles. The highest BCUT2D eigenvalue weighted by Gasteiger charge is 2.12. The van der Waals surface area contributed by atoms with Crippen molar-refractivity contribution in [1.82, 2.24) is 0 Å². The zero-order chi connectivity index (χ0) is 12.0. The number of aliphatic hydroxyl groups excluding tert-OH is 2. The van der Waals surface area contributed by atoms with Gasteiger partial charge >= 0.3 is 0 Å². The van der Waals surface area contributed by atoms with Gasteiger partial charge in [0, 0.05) is 23.3 Å². The van der Waals surface area contributed by atoms with E-state index in [2.05, 4.69) is 0 Å².